The quantitative estimate of drug-likeness (QED) is 0.825. The maximum atomic E-state index is 13.3. The molecule has 1 heterocycles. The Labute approximate surface area is 154 Å². The van der Waals surface area contributed by atoms with Crippen LogP contribution in [0.25, 0.3) is 5.69 Å². The first-order valence-corrected chi connectivity index (χ1v) is 8.30. The molecule has 1 unspecified atom stereocenters. The molecule has 1 aromatic heterocycles. The number of hydrogen-bond acceptors (Lipinski definition) is 3. The summed E-state index contributed by atoms with van der Waals surface area (Å²) in [5, 5.41) is 12.5. The lowest BCUT2D eigenvalue weighted by atomic mass is 10.1. The number of nitrogens with zero attached hydrogens (tertiary/aromatic N) is 3. The molecule has 1 atom stereocenters. The average molecular weight is 383 g/mol. The highest BCUT2D eigenvalue weighted by atomic mass is 19.4. The van der Waals surface area contributed by atoms with E-state index in [1.165, 1.54) is 24.3 Å². The number of hydrogen-bond donors (Lipinski definition) is 1. The van der Waals surface area contributed by atoms with Crippen LogP contribution < -0.4 is 0 Å². The van der Waals surface area contributed by atoms with Gasteiger partial charge in [0.25, 0.3) is 5.91 Å². The van der Waals surface area contributed by atoms with Gasteiger partial charge in [-0.2, -0.15) is 18.3 Å². The highest BCUT2D eigenvalue weighted by Gasteiger charge is 2.40. The van der Waals surface area contributed by atoms with Crippen molar-refractivity contribution in [2.75, 3.05) is 13.6 Å². The normalized spacial score (nSPS) is 12.7. The van der Waals surface area contributed by atoms with Crippen LogP contribution in [0.1, 0.15) is 46.7 Å². The number of amides is 1. The zero-order valence-electron chi connectivity index (χ0n) is 15.1. The lowest BCUT2D eigenvalue weighted by Gasteiger charge is -2.21. The predicted octanol–water partition coefficient (Wildman–Crippen LogP) is 3.71. The molecule has 0 aliphatic carbocycles. The van der Waals surface area contributed by atoms with Gasteiger partial charge in [-0.15, -0.1) is 0 Å². The molecule has 2 rings (SSSR count). The van der Waals surface area contributed by atoms with Gasteiger partial charge in [0.05, 0.1) is 11.9 Å². The largest absolute Gasteiger partial charge is 0.478 e. The van der Waals surface area contributed by atoms with Gasteiger partial charge >= 0.3 is 12.1 Å². The van der Waals surface area contributed by atoms with E-state index in [1.807, 2.05) is 13.8 Å². The highest BCUT2D eigenvalue weighted by Crippen LogP contribution is 2.33. The molecule has 1 N–H and O–H groups in total. The minimum Gasteiger partial charge on any atom is -0.478 e. The molecular formula is C18H20F3N3O3. The van der Waals surface area contributed by atoms with Crippen molar-refractivity contribution in [1.29, 1.82) is 0 Å². The summed E-state index contributed by atoms with van der Waals surface area (Å²) in [7, 11) is 1.66. The number of alkyl halides is 3. The van der Waals surface area contributed by atoms with Crippen molar-refractivity contribution in [2.45, 2.75) is 26.4 Å². The van der Waals surface area contributed by atoms with Gasteiger partial charge in [-0.1, -0.05) is 20.3 Å². The molecule has 0 spiro atoms. The van der Waals surface area contributed by atoms with Crippen LogP contribution in [-0.4, -0.2) is 45.3 Å². The van der Waals surface area contributed by atoms with E-state index in [-0.39, 0.29) is 11.6 Å². The van der Waals surface area contributed by atoms with E-state index in [4.69, 9.17) is 5.11 Å². The van der Waals surface area contributed by atoms with Crippen molar-refractivity contribution < 1.29 is 27.9 Å². The third kappa shape index (κ3) is 4.47. The first kappa shape index (κ1) is 20.5. The van der Waals surface area contributed by atoms with E-state index >= 15 is 0 Å². The number of carbonyl (C=O) groups excluding carboxylic acids is 1. The number of rotatable bonds is 6. The van der Waals surface area contributed by atoms with Crippen LogP contribution in [0.4, 0.5) is 13.2 Å². The zero-order chi connectivity index (χ0) is 20.4. The van der Waals surface area contributed by atoms with Crippen LogP contribution in [0.2, 0.25) is 0 Å². The van der Waals surface area contributed by atoms with Gasteiger partial charge in [-0.3, -0.25) is 4.79 Å². The van der Waals surface area contributed by atoms with Crippen molar-refractivity contribution in [3.63, 3.8) is 0 Å². The van der Waals surface area contributed by atoms with E-state index in [0.717, 1.165) is 6.42 Å². The van der Waals surface area contributed by atoms with Crippen LogP contribution in [0.5, 0.6) is 0 Å². The van der Waals surface area contributed by atoms with E-state index < -0.39 is 23.4 Å². The molecule has 0 bridgehead atoms. The van der Waals surface area contributed by atoms with E-state index in [2.05, 4.69) is 5.10 Å². The fourth-order valence-electron chi connectivity index (χ4n) is 2.62. The van der Waals surface area contributed by atoms with Crippen molar-refractivity contribution in [3.05, 3.63) is 47.3 Å². The van der Waals surface area contributed by atoms with E-state index in [9.17, 15) is 22.8 Å². The Balaban J connectivity index is 2.33. The van der Waals surface area contributed by atoms with Gasteiger partial charge in [-0.05, 0) is 30.2 Å². The van der Waals surface area contributed by atoms with Gasteiger partial charge in [-0.25, -0.2) is 9.48 Å². The third-order valence-corrected chi connectivity index (χ3v) is 4.26. The molecule has 0 radical (unpaired) electrons. The molecular weight excluding hydrogens is 363 g/mol. The van der Waals surface area contributed by atoms with Crippen LogP contribution in [0.15, 0.2) is 30.5 Å². The Kier molecular flexibility index (Phi) is 5.92. The molecule has 146 valence electrons. The second-order valence-corrected chi connectivity index (χ2v) is 6.37. The van der Waals surface area contributed by atoms with Crippen molar-refractivity contribution in [3.8, 4) is 5.69 Å². The van der Waals surface area contributed by atoms with Crippen LogP contribution in [0, 0.1) is 5.92 Å². The van der Waals surface area contributed by atoms with Crippen molar-refractivity contribution in [1.82, 2.24) is 14.7 Å². The highest BCUT2D eigenvalue weighted by molar-refractivity contribution is 5.94. The van der Waals surface area contributed by atoms with Crippen LogP contribution in [-0.2, 0) is 6.18 Å². The number of carboxylic acids is 1. The Morgan fingerprint density at radius 1 is 1.26 bits per heavy atom. The Hall–Kier alpha value is -2.84. The standard InChI is InChI=1S/C18H20F3N3O3/c1-4-11(2)10-23(3)16(25)12-5-7-13(8-6-12)24-15(18(19,20)21)14(9-22-24)17(26)27/h5-9,11H,4,10H2,1-3H3,(H,26,27). The lowest BCUT2D eigenvalue weighted by molar-refractivity contribution is -0.143. The maximum absolute atomic E-state index is 13.3. The Morgan fingerprint density at radius 2 is 1.85 bits per heavy atom. The minimum atomic E-state index is -4.89. The lowest BCUT2D eigenvalue weighted by Crippen LogP contribution is -2.30. The fraction of sp³-hybridized carbons (Fsp3) is 0.389. The van der Waals surface area contributed by atoms with E-state index in [1.54, 1.807) is 11.9 Å². The molecule has 1 aromatic carbocycles. The predicted molar refractivity (Wildman–Crippen MR) is 91.9 cm³/mol. The molecule has 6 nitrogen and oxygen atoms in total. The molecule has 0 fully saturated rings. The average Bonchev–Trinajstić information content (AvgIpc) is 3.06. The number of halogens is 3. The fourth-order valence-corrected chi connectivity index (χ4v) is 2.62. The van der Waals surface area contributed by atoms with Gasteiger partial charge in [0.2, 0.25) is 0 Å². The molecule has 1 amide bonds. The summed E-state index contributed by atoms with van der Waals surface area (Å²) >= 11 is 0. The molecule has 0 aliphatic heterocycles. The summed E-state index contributed by atoms with van der Waals surface area (Å²) in [6.07, 6.45) is -3.32. The van der Waals surface area contributed by atoms with Gasteiger partial charge in [0, 0.05) is 19.2 Å². The number of aromatic carboxylic acids is 1. The summed E-state index contributed by atoms with van der Waals surface area (Å²) in [6.45, 7) is 4.60. The van der Waals surface area contributed by atoms with Crippen LogP contribution in [0.3, 0.4) is 0 Å². The molecule has 2 aromatic rings. The summed E-state index contributed by atoms with van der Waals surface area (Å²) in [5.74, 6) is -1.64. The van der Waals surface area contributed by atoms with Gasteiger partial charge < -0.3 is 10.0 Å². The second kappa shape index (κ2) is 7.81. The monoisotopic (exact) mass is 383 g/mol. The molecule has 0 aliphatic rings. The third-order valence-electron chi connectivity index (χ3n) is 4.26. The maximum Gasteiger partial charge on any atom is 0.434 e. The molecule has 0 saturated carbocycles. The number of aromatic nitrogens is 2. The van der Waals surface area contributed by atoms with Crippen LogP contribution >= 0.6 is 0 Å². The number of carbonyl (C=O) groups is 2. The molecule has 9 heteroatoms. The number of benzene rings is 1. The second-order valence-electron chi connectivity index (χ2n) is 6.37. The smallest absolute Gasteiger partial charge is 0.434 e. The van der Waals surface area contributed by atoms with Gasteiger partial charge in [0.15, 0.2) is 5.69 Å². The Morgan fingerprint density at radius 3 is 2.33 bits per heavy atom. The summed E-state index contributed by atoms with van der Waals surface area (Å²) in [5.41, 5.74) is -1.97. The summed E-state index contributed by atoms with van der Waals surface area (Å²) < 4.78 is 40.3. The van der Waals surface area contributed by atoms with Crippen molar-refractivity contribution >= 4 is 11.9 Å². The first-order valence-electron chi connectivity index (χ1n) is 8.30. The van der Waals surface area contributed by atoms with Crippen molar-refractivity contribution in [2.24, 2.45) is 5.92 Å². The molecule has 27 heavy (non-hydrogen) atoms. The van der Waals surface area contributed by atoms with E-state index in [0.29, 0.717) is 28.9 Å². The zero-order valence-corrected chi connectivity index (χ0v) is 15.1. The number of carboxylic acid groups (broad SMARTS) is 1. The summed E-state index contributed by atoms with van der Waals surface area (Å²) in [4.78, 5) is 25.0. The van der Waals surface area contributed by atoms with Gasteiger partial charge in [0.1, 0.15) is 5.56 Å². The Bertz CT molecular complexity index is 829. The minimum absolute atomic E-state index is 0.0101. The molecule has 0 saturated heterocycles. The SMILES string of the molecule is CCC(C)CN(C)C(=O)c1ccc(-n2ncc(C(=O)O)c2C(F)(F)F)cc1. The summed E-state index contributed by atoms with van der Waals surface area (Å²) in [6, 6.07) is 5.40. The first-order chi connectivity index (χ1) is 12.6. The topological polar surface area (TPSA) is 75.4 Å².